The predicted molar refractivity (Wildman–Crippen MR) is 73.2 cm³/mol. The lowest BCUT2D eigenvalue weighted by Gasteiger charge is -2.09. The predicted octanol–water partition coefficient (Wildman–Crippen LogP) is 4.41. The van der Waals surface area contributed by atoms with Crippen LogP contribution in [0.2, 0.25) is 0 Å². The van der Waals surface area contributed by atoms with Crippen LogP contribution in [0.1, 0.15) is 50.7 Å². The minimum atomic E-state index is 1.11. The largest absolute Gasteiger partial charge is 0.388 e. The number of nitrogens with one attached hydrogen (secondary N) is 1. The van der Waals surface area contributed by atoms with Gasteiger partial charge in [0.1, 0.15) is 0 Å². The SMILES string of the molecule is CCCCCCc1ccc(NC)c(CC)c1. The van der Waals surface area contributed by atoms with Crippen LogP contribution >= 0.6 is 0 Å². The highest BCUT2D eigenvalue weighted by Crippen LogP contribution is 2.19. The van der Waals surface area contributed by atoms with Gasteiger partial charge < -0.3 is 5.32 Å². The molecule has 0 aliphatic carbocycles. The summed E-state index contributed by atoms with van der Waals surface area (Å²) in [5.74, 6) is 0. The van der Waals surface area contributed by atoms with Gasteiger partial charge in [0.15, 0.2) is 0 Å². The molecule has 0 atom stereocenters. The third-order valence-electron chi connectivity index (χ3n) is 3.14. The smallest absolute Gasteiger partial charge is 0.0370 e. The number of unbranched alkanes of at least 4 members (excludes halogenated alkanes) is 3. The quantitative estimate of drug-likeness (QED) is 0.670. The van der Waals surface area contributed by atoms with Crippen molar-refractivity contribution in [2.45, 2.75) is 52.4 Å². The standard InChI is InChI=1S/C15H25N/c1-4-6-7-8-9-13-10-11-15(16-3)14(5-2)12-13/h10-12,16H,4-9H2,1-3H3. The summed E-state index contributed by atoms with van der Waals surface area (Å²) in [6.07, 6.45) is 7.73. The molecule has 0 bridgehead atoms. The summed E-state index contributed by atoms with van der Waals surface area (Å²) in [6, 6.07) is 6.84. The second-order valence-corrected chi connectivity index (χ2v) is 4.41. The highest BCUT2D eigenvalue weighted by Gasteiger charge is 2.00. The molecule has 0 aromatic heterocycles. The zero-order valence-corrected chi connectivity index (χ0v) is 11.0. The highest BCUT2D eigenvalue weighted by atomic mass is 14.8. The molecule has 0 spiro atoms. The van der Waals surface area contributed by atoms with Crippen molar-refractivity contribution in [3.63, 3.8) is 0 Å². The number of benzene rings is 1. The summed E-state index contributed by atoms with van der Waals surface area (Å²) in [6.45, 7) is 4.48. The lowest BCUT2D eigenvalue weighted by molar-refractivity contribution is 0.666. The molecule has 1 nitrogen and oxygen atoms in total. The molecule has 0 saturated heterocycles. The molecule has 1 rings (SSSR count). The number of rotatable bonds is 7. The fourth-order valence-corrected chi connectivity index (χ4v) is 2.09. The summed E-state index contributed by atoms with van der Waals surface area (Å²) in [5.41, 5.74) is 4.21. The average molecular weight is 219 g/mol. The second-order valence-electron chi connectivity index (χ2n) is 4.41. The third kappa shape index (κ3) is 3.88. The average Bonchev–Trinajstić information content (AvgIpc) is 2.34. The zero-order valence-electron chi connectivity index (χ0n) is 11.0. The Kier molecular flexibility index (Phi) is 5.99. The molecule has 1 aromatic rings. The monoisotopic (exact) mass is 219 g/mol. The summed E-state index contributed by atoms with van der Waals surface area (Å²) in [7, 11) is 2.00. The molecule has 0 amide bonds. The van der Waals surface area contributed by atoms with E-state index < -0.39 is 0 Å². The Morgan fingerprint density at radius 1 is 1.06 bits per heavy atom. The molecule has 0 heterocycles. The first-order valence-electron chi connectivity index (χ1n) is 6.61. The van der Waals surface area contributed by atoms with E-state index in [2.05, 4.69) is 37.4 Å². The zero-order chi connectivity index (χ0) is 11.8. The Hall–Kier alpha value is -0.980. The van der Waals surface area contributed by atoms with Crippen LogP contribution in [0.25, 0.3) is 0 Å². The summed E-state index contributed by atoms with van der Waals surface area (Å²) < 4.78 is 0. The van der Waals surface area contributed by atoms with E-state index in [1.807, 2.05) is 7.05 Å². The Balaban J connectivity index is 2.54. The van der Waals surface area contributed by atoms with E-state index in [0.29, 0.717) is 0 Å². The van der Waals surface area contributed by atoms with Crippen LogP contribution in [0.3, 0.4) is 0 Å². The molecule has 0 aliphatic heterocycles. The summed E-state index contributed by atoms with van der Waals surface area (Å²) in [5, 5.41) is 3.25. The number of hydrogen-bond donors (Lipinski definition) is 1. The van der Waals surface area contributed by atoms with E-state index >= 15 is 0 Å². The highest BCUT2D eigenvalue weighted by molar-refractivity contribution is 5.52. The Bertz CT molecular complexity index is 304. The fourth-order valence-electron chi connectivity index (χ4n) is 2.09. The number of anilines is 1. The molecule has 0 fully saturated rings. The second kappa shape index (κ2) is 7.32. The normalized spacial score (nSPS) is 10.4. The minimum Gasteiger partial charge on any atom is -0.388 e. The summed E-state index contributed by atoms with van der Waals surface area (Å²) >= 11 is 0. The van der Waals surface area contributed by atoms with Gasteiger partial charge in [0.2, 0.25) is 0 Å². The van der Waals surface area contributed by atoms with E-state index in [4.69, 9.17) is 0 Å². The minimum absolute atomic E-state index is 1.11. The molecule has 0 saturated carbocycles. The van der Waals surface area contributed by atoms with Crippen LogP contribution in [-0.4, -0.2) is 7.05 Å². The van der Waals surface area contributed by atoms with Crippen molar-refractivity contribution in [2.75, 3.05) is 12.4 Å². The molecule has 0 radical (unpaired) electrons. The molecule has 0 aliphatic rings. The lowest BCUT2D eigenvalue weighted by Crippen LogP contribution is -1.96. The Morgan fingerprint density at radius 2 is 1.88 bits per heavy atom. The van der Waals surface area contributed by atoms with Crippen LogP contribution in [0, 0.1) is 0 Å². The van der Waals surface area contributed by atoms with Crippen molar-refractivity contribution in [2.24, 2.45) is 0 Å². The van der Waals surface area contributed by atoms with Gasteiger partial charge in [-0.2, -0.15) is 0 Å². The van der Waals surface area contributed by atoms with Crippen LogP contribution in [0.5, 0.6) is 0 Å². The maximum atomic E-state index is 3.25. The van der Waals surface area contributed by atoms with Crippen LogP contribution in [-0.2, 0) is 12.8 Å². The Morgan fingerprint density at radius 3 is 2.50 bits per heavy atom. The van der Waals surface area contributed by atoms with E-state index in [-0.39, 0.29) is 0 Å². The number of aryl methyl sites for hydroxylation is 2. The van der Waals surface area contributed by atoms with Gasteiger partial charge in [-0.05, 0) is 36.5 Å². The first-order valence-corrected chi connectivity index (χ1v) is 6.61. The van der Waals surface area contributed by atoms with Gasteiger partial charge in [0.25, 0.3) is 0 Å². The van der Waals surface area contributed by atoms with E-state index in [1.165, 1.54) is 48.9 Å². The van der Waals surface area contributed by atoms with E-state index in [1.54, 1.807) is 0 Å². The van der Waals surface area contributed by atoms with Gasteiger partial charge in [0, 0.05) is 12.7 Å². The molecular weight excluding hydrogens is 194 g/mol. The van der Waals surface area contributed by atoms with Crippen molar-refractivity contribution < 1.29 is 0 Å². The first-order chi connectivity index (χ1) is 7.81. The maximum absolute atomic E-state index is 3.25. The van der Waals surface area contributed by atoms with Gasteiger partial charge in [-0.15, -0.1) is 0 Å². The number of hydrogen-bond acceptors (Lipinski definition) is 1. The van der Waals surface area contributed by atoms with Gasteiger partial charge in [-0.25, -0.2) is 0 Å². The van der Waals surface area contributed by atoms with Crippen LogP contribution in [0.15, 0.2) is 18.2 Å². The summed E-state index contributed by atoms with van der Waals surface area (Å²) in [4.78, 5) is 0. The van der Waals surface area contributed by atoms with Gasteiger partial charge in [-0.3, -0.25) is 0 Å². The topological polar surface area (TPSA) is 12.0 Å². The van der Waals surface area contributed by atoms with Crippen molar-refractivity contribution in [3.8, 4) is 0 Å². The lowest BCUT2D eigenvalue weighted by atomic mass is 10.0. The van der Waals surface area contributed by atoms with Gasteiger partial charge >= 0.3 is 0 Å². The van der Waals surface area contributed by atoms with Crippen molar-refractivity contribution in [1.82, 2.24) is 0 Å². The van der Waals surface area contributed by atoms with E-state index in [0.717, 1.165) is 6.42 Å². The van der Waals surface area contributed by atoms with E-state index in [9.17, 15) is 0 Å². The fraction of sp³-hybridized carbons (Fsp3) is 0.600. The molecule has 1 N–H and O–H groups in total. The maximum Gasteiger partial charge on any atom is 0.0370 e. The van der Waals surface area contributed by atoms with Crippen molar-refractivity contribution in [1.29, 1.82) is 0 Å². The van der Waals surface area contributed by atoms with Gasteiger partial charge in [0.05, 0.1) is 0 Å². The Labute approximate surface area is 100 Å². The third-order valence-corrected chi connectivity index (χ3v) is 3.14. The van der Waals surface area contributed by atoms with Gasteiger partial charge in [-0.1, -0.05) is 45.2 Å². The van der Waals surface area contributed by atoms with Crippen molar-refractivity contribution in [3.05, 3.63) is 29.3 Å². The molecule has 90 valence electrons. The van der Waals surface area contributed by atoms with Crippen LogP contribution in [0.4, 0.5) is 5.69 Å². The molecule has 0 unspecified atom stereocenters. The molecular formula is C15H25N. The molecule has 1 aromatic carbocycles. The van der Waals surface area contributed by atoms with Crippen molar-refractivity contribution >= 4 is 5.69 Å². The first kappa shape index (κ1) is 13.1. The van der Waals surface area contributed by atoms with Crippen LogP contribution < -0.4 is 5.32 Å². The molecule has 1 heteroatoms. The molecule has 16 heavy (non-hydrogen) atoms.